The number of rotatable bonds is 4. The van der Waals surface area contributed by atoms with Gasteiger partial charge >= 0.3 is 0 Å². The van der Waals surface area contributed by atoms with Crippen molar-refractivity contribution in [3.8, 4) is 0 Å². The first-order chi connectivity index (χ1) is 17.5. The molecule has 1 aliphatic rings. The van der Waals surface area contributed by atoms with Gasteiger partial charge < -0.3 is 10.3 Å². The van der Waals surface area contributed by atoms with Gasteiger partial charge in [0.05, 0.1) is 22.8 Å². The smallest absolute Gasteiger partial charge is 0.116 e. The van der Waals surface area contributed by atoms with Crippen molar-refractivity contribution in [3.05, 3.63) is 118 Å². The van der Waals surface area contributed by atoms with Gasteiger partial charge in [-0.2, -0.15) is 0 Å². The molecule has 0 saturated carbocycles. The van der Waals surface area contributed by atoms with Crippen LogP contribution in [0.25, 0.3) is 10.9 Å². The Kier molecular flexibility index (Phi) is 5.30. The summed E-state index contributed by atoms with van der Waals surface area (Å²) in [5, 5.41) is 4.90. The summed E-state index contributed by atoms with van der Waals surface area (Å²) < 4.78 is 0. The van der Waals surface area contributed by atoms with E-state index in [1.54, 1.807) is 0 Å². The number of fused-ring (bicyclic) bond motifs is 2. The van der Waals surface area contributed by atoms with Crippen molar-refractivity contribution < 1.29 is 0 Å². The molecule has 36 heavy (non-hydrogen) atoms. The third kappa shape index (κ3) is 3.62. The van der Waals surface area contributed by atoms with Crippen LogP contribution in [0.5, 0.6) is 0 Å². The maximum Gasteiger partial charge on any atom is 0.116 e. The number of benzene rings is 4. The second-order valence-electron chi connectivity index (χ2n) is 9.49. The standard InChI is InChI=1S/C32H28N4/c1-19-11-9-12-20(2)27(19)35-29-23-15-5-7-17-25(23)33-31(29)32-30(24-16-6-8-18-26(24)34-32)36-28-21(3)13-10-14-22(28)4/h5-18,33,35H,1-4H3. The van der Waals surface area contributed by atoms with Gasteiger partial charge in [0, 0.05) is 22.2 Å². The number of aliphatic imine (C=N–C) groups is 2. The highest BCUT2D eigenvalue weighted by atomic mass is 15.0. The van der Waals surface area contributed by atoms with Crippen molar-refractivity contribution in [2.45, 2.75) is 27.7 Å². The van der Waals surface area contributed by atoms with Gasteiger partial charge in [-0.1, -0.05) is 72.8 Å². The van der Waals surface area contributed by atoms with E-state index in [2.05, 4.69) is 117 Å². The summed E-state index contributed by atoms with van der Waals surface area (Å²) in [5.74, 6) is 0. The Bertz CT molecular complexity index is 1660. The molecule has 176 valence electrons. The van der Waals surface area contributed by atoms with Gasteiger partial charge in [0.2, 0.25) is 0 Å². The van der Waals surface area contributed by atoms with Gasteiger partial charge in [-0.15, -0.1) is 0 Å². The molecule has 2 N–H and O–H groups in total. The number of anilines is 2. The molecule has 5 aromatic rings. The summed E-state index contributed by atoms with van der Waals surface area (Å²) >= 11 is 0. The summed E-state index contributed by atoms with van der Waals surface area (Å²) in [4.78, 5) is 14.0. The Morgan fingerprint density at radius 3 is 2.06 bits per heavy atom. The SMILES string of the molecule is Cc1cccc(C)c1N=C1C(c2[nH]c3ccccc3c2Nc2c(C)cccc2C)=Nc2ccccc21. The zero-order valence-electron chi connectivity index (χ0n) is 21.0. The molecular formula is C32H28N4. The van der Waals surface area contributed by atoms with E-state index in [-0.39, 0.29) is 0 Å². The first kappa shape index (κ1) is 22.1. The second kappa shape index (κ2) is 8.65. The highest BCUT2D eigenvalue weighted by molar-refractivity contribution is 6.58. The van der Waals surface area contributed by atoms with Crippen LogP contribution in [0.1, 0.15) is 33.5 Å². The van der Waals surface area contributed by atoms with Crippen molar-refractivity contribution >= 4 is 45.1 Å². The third-order valence-corrected chi connectivity index (χ3v) is 6.95. The fourth-order valence-electron chi connectivity index (χ4n) is 5.04. The second-order valence-corrected chi connectivity index (χ2v) is 9.49. The summed E-state index contributed by atoms with van der Waals surface area (Å²) in [6, 6.07) is 29.3. The lowest BCUT2D eigenvalue weighted by atomic mass is 10.0. The molecule has 0 amide bonds. The van der Waals surface area contributed by atoms with E-state index in [1.165, 1.54) is 11.1 Å². The maximum atomic E-state index is 5.25. The van der Waals surface area contributed by atoms with E-state index in [4.69, 9.17) is 9.98 Å². The van der Waals surface area contributed by atoms with E-state index < -0.39 is 0 Å². The van der Waals surface area contributed by atoms with E-state index in [1.807, 2.05) is 6.07 Å². The van der Waals surface area contributed by atoms with Gasteiger partial charge in [0.1, 0.15) is 11.4 Å². The number of H-pyrrole nitrogens is 1. The Balaban J connectivity index is 1.60. The minimum Gasteiger partial charge on any atom is -0.353 e. The van der Waals surface area contributed by atoms with Crippen LogP contribution < -0.4 is 5.32 Å². The van der Waals surface area contributed by atoms with Gasteiger partial charge in [0.25, 0.3) is 0 Å². The largest absolute Gasteiger partial charge is 0.353 e. The van der Waals surface area contributed by atoms with Crippen LogP contribution in [0, 0.1) is 27.7 Å². The molecule has 0 unspecified atom stereocenters. The van der Waals surface area contributed by atoms with Crippen molar-refractivity contribution in [2.24, 2.45) is 9.98 Å². The predicted octanol–water partition coefficient (Wildman–Crippen LogP) is 8.40. The highest BCUT2D eigenvalue weighted by Crippen LogP contribution is 2.38. The molecule has 2 heterocycles. The molecule has 0 atom stereocenters. The minimum absolute atomic E-state index is 0.851. The van der Waals surface area contributed by atoms with Crippen molar-refractivity contribution in [2.75, 3.05) is 5.32 Å². The lowest BCUT2D eigenvalue weighted by Crippen LogP contribution is -2.15. The predicted molar refractivity (Wildman–Crippen MR) is 152 cm³/mol. The average molecular weight is 469 g/mol. The monoisotopic (exact) mass is 468 g/mol. The highest BCUT2D eigenvalue weighted by Gasteiger charge is 2.28. The molecule has 0 radical (unpaired) electrons. The Morgan fingerprint density at radius 2 is 1.31 bits per heavy atom. The summed E-state index contributed by atoms with van der Waals surface area (Å²) in [5.41, 5.74) is 13.6. The molecule has 4 heteroatoms. The fourth-order valence-corrected chi connectivity index (χ4v) is 5.04. The summed E-state index contributed by atoms with van der Waals surface area (Å²) in [6.45, 7) is 8.50. The van der Waals surface area contributed by atoms with E-state index >= 15 is 0 Å². The summed E-state index contributed by atoms with van der Waals surface area (Å²) in [7, 11) is 0. The molecule has 4 aromatic carbocycles. The maximum absolute atomic E-state index is 5.25. The molecule has 1 aliphatic heterocycles. The van der Waals surface area contributed by atoms with Crippen LogP contribution in [0.3, 0.4) is 0 Å². The van der Waals surface area contributed by atoms with Crippen LogP contribution in [0.15, 0.2) is 94.9 Å². The number of nitrogens with one attached hydrogen (secondary N) is 2. The molecule has 0 saturated heterocycles. The molecule has 0 spiro atoms. The normalized spacial score (nSPS) is 13.8. The summed E-state index contributed by atoms with van der Waals surface area (Å²) in [6.07, 6.45) is 0. The topological polar surface area (TPSA) is 52.5 Å². The van der Waals surface area contributed by atoms with Crippen LogP contribution in [-0.2, 0) is 0 Å². The number of hydrogen-bond acceptors (Lipinski definition) is 3. The van der Waals surface area contributed by atoms with Crippen molar-refractivity contribution in [1.29, 1.82) is 0 Å². The van der Waals surface area contributed by atoms with Crippen molar-refractivity contribution in [3.63, 3.8) is 0 Å². The number of aryl methyl sites for hydroxylation is 4. The van der Waals surface area contributed by atoms with Gasteiger partial charge in [-0.3, -0.25) is 0 Å². The zero-order chi connectivity index (χ0) is 24.8. The van der Waals surface area contributed by atoms with Crippen LogP contribution in [0.4, 0.5) is 22.7 Å². The van der Waals surface area contributed by atoms with Gasteiger partial charge in [0.15, 0.2) is 0 Å². The van der Waals surface area contributed by atoms with E-state index in [9.17, 15) is 0 Å². The Hall–Kier alpha value is -4.44. The molecule has 0 bridgehead atoms. The number of para-hydroxylation sites is 4. The van der Waals surface area contributed by atoms with E-state index in [0.717, 1.165) is 67.5 Å². The quantitative estimate of drug-likeness (QED) is 0.273. The number of nitrogens with zero attached hydrogens (tertiary/aromatic N) is 2. The van der Waals surface area contributed by atoms with Crippen molar-refractivity contribution in [1.82, 2.24) is 4.98 Å². The number of hydrogen-bond donors (Lipinski definition) is 2. The first-order valence-corrected chi connectivity index (χ1v) is 12.3. The molecule has 1 aromatic heterocycles. The van der Waals surface area contributed by atoms with Crippen LogP contribution in [0.2, 0.25) is 0 Å². The lowest BCUT2D eigenvalue weighted by Gasteiger charge is -2.15. The Morgan fingerprint density at radius 1 is 0.667 bits per heavy atom. The molecule has 4 nitrogen and oxygen atoms in total. The van der Waals surface area contributed by atoms with Gasteiger partial charge in [-0.05, 0) is 62.1 Å². The molecule has 0 aliphatic carbocycles. The lowest BCUT2D eigenvalue weighted by molar-refractivity contribution is 1.33. The van der Waals surface area contributed by atoms with E-state index in [0.29, 0.717) is 0 Å². The van der Waals surface area contributed by atoms with Crippen LogP contribution in [-0.4, -0.2) is 16.4 Å². The van der Waals surface area contributed by atoms with Gasteiger partial charge in [-0.25, -0.2) is 9.98 Å². The van der Waals surface area contributed by atoms with Crippen LogP contribution >= 0.6 is 0 Å². The average Bonchev–Trinajstić information content (AvgIpc) is 3.42. The molecule has 0 fully saturated rings. The minimum atomic E-state index is 0.851. The number of aromatic amines is 1. The fraction of sp³-hybridized carbons (Fsp3) is 0.125. The first-order valence-electron chi connectivity index (χ1n) is 12.3. The molecule has 6 rings (SSSR count). The third-order valence-electron chi connectivity index (χ3n) is 6.95. The number of aromatic nitrogens is 1. The Labute approximate surface area is 211 Å². The zero-order valence-corrected chi connectivity index (χ0v) is 21.0. The molecular weight excluding hydrogens is 440 g/mol.